The minimum Gasteiger partial charge on any atom is -0.478 e. The molecule has 1 saturated heterocycles. The third-order valence-electron chi connectivity index (χ3n) is 5.20. The normalized spacial score (nSPS) is 17.8. The largest absolute Gasteiger partial charge is 0.478 e. The molecule has 2 aromatic carbocycles. The Morgan fingerprint density at radius 1 is 1.15 bits per heavy atom. The fraction of sp³-hybridized carbons (Fsp3) is 0.286. The van der Waals surface area contributed by atoms with Gasteiger partial charge in [-0.2, -0.15) is 0 Å². The molecule has 0 saturated carbocycles. The maximum absolute atomic E-state index is 11.2. The predicted octanol–water partition coefficient (Wildman–Crippen LogP) is 3.49. The number of H-pyrrole nitrogens is 1. The molecule has 3 N–H and O–H groups in total. The first-order chi connectivity index (χ1) is 12.6. The van der Waals surface area contributed by atoms with Crippen LogP contribution in [-0.4, -0.2) is 45.3 Å². The summed E-state index contributed by atoms with van der Waals surface area (Å²) in [5.41, 5.74) is 4.39. The summed E-state index contributed by atoms with van der Waals surface area (Å²) in [5.74, 6) is -0.916. The van der Waals surface area contributed by atoms with E-state index in [1.807, 2.05) is 18.2 Å². The number of aliphatic hydroxyl groups is 1. The molecule has 5 heteroatoms. The number of benzene rings is 2. The lowest BCUT2D eigenvalue weighted by Gasteiger charge is -2.21. The van der Waals surface area contributed by atoms with E-state index >= 15 is 0 Å². The molecule has 0 spiro atoms. The molecule has 2 heterocycles. The summed E-state index contributed by atoms with van der Waals surface area (Å²) < 4.78 is 0. The molecule has 5 nitrogen and oxygen atoms in total. The summed E-state index contributed by atoms with van der Waals surface area (Å²) in [5, 5.41) is 19.8. The minimum absolute atomic E-state index is 0.213. The topological polar surface area (TPSA) is 76.6 Å². The Morgan fingerprint density at radius 2 is 2.00 bits per heavy atom. The zero-order chi connectivity index (χ0) is 18.1. The molecule has 26 heavy (non-hydrogen) atoms. The van der Waals surface area contributed by atoms with E-state index in [0.717, 1.165) is 53.7 Å². The molecule has 0 bridgehead atoms. The quantitative estimate of drug-likeness (QED) is 0.658. The van der Waals surface area contributed by atoms with Gasteiger partial charge in [-0.15, -0.1) is 0 Å². The van der Waals surface area contributed by atoms with Crippen molar-refractivity contribution in [1.82, 2.24) is 9.88 Å². The lowest BCUT2D eigenvalue weighted by Crippen LogP contribution is -2.31. The Bertz CT molecular complexity index is 947. The van der Waals surface area contributed by atoms with E-state index < -0.39 is 5.97 Å². The van der Waals surface area contributed by atoms with Crippen molar-refractivity contribution in [3.63, 3.8) is 0 Å². The van der Waals surface area contributed by atoms with Crippen molar-refractivity contribution in [2.24, 2.45) is 0 Å². The monoisotopic (exact) mass is 350 g/mol. The predicted molar refractivity (Wildman–Crippen MR) is 101 cm³/mol. The Hall–Kier alpha value is -2.63. The molecule has 1 aliphatic rings. The minimum atomic E-state index is -0.916. The van der Waals surface area contributed by atoms with E-state index in [1.54, 1.807) is 18.2 Å². The van der Waals surface area contributed by atoms with Crippen LogP contribution in [0.1, 0.15) is 28.9 Å². The lowest BCUT2D eigenvalue weighted by molar-refractivity contribution is 0.0697. The van der Waals surface area contributed by atoms with Gasteiger partial charge in [-0.3, -0.25) is 4.90 Å². The van der Waals surface area contributed by atoms with Crippen LogP contribution >= 0.6 is 0 Å². The number of hydrogen-bond acceptors (Lipinski definition) is 3. The number of carboxylic acid groups (broad SMARTS) is 1. The van der Waals surface area contributed by atoms with Gasteiger partial charge in [-0.1, -0.05) is 18.2 Å². The molecule has 1 fully saturated rings. The van der Waals surface area contributed by atoms with Gasteiger partial charge in [0.05, 0.1) is 12.2 Å². The van der Waals surface area contributed by atoms with E-state index in [-0.39, 0.29) is 12.6 Å². The van der Waals surface area contributed by atoms with E-state index in [1.165, 1.54) is 0 Å². The number of carboxylic acids is 1. The van der Waals surface area contributed by atoms with E-state index in [4.69, 9.17) is 0 Å². The molecule has 0 aliphatic carbocycles. The van der Waals surface area contributed by atoms with Crippen LogP contribution in [0.2, 0.25) is 0 Å². The molecule has 1 unspecified atom stereocenters. The molecule has 1 atom stereocenters. The van der Waals surface area contributed by atoms with Crippen LogP contribution in [0.4, 0.5) is 0 Å². The van der Waals surface area contributed by atoms with Gasteiger partial charge in [0.25, 0.3) is 0 Å². The van der Waals surface area contributed by atoms with Crippen LogP contribution in [0.3, 0.4) is 0 Å². The first-order valence-corrected chi connectivity index (χ1v) is 8.94. The van der Waals surface area contributed by atoms with Gasteiger partial charge in [-0.25, -0.2) is 4.79 Å². The van der Waals surface area contributed by atoms with Gasteiger partial charge >= 0.3 is 5.97 Å². The van der Waals surface area contributed by atoms with Crippen LogP contribution in [0, 0.1) is 0 Å². The van der Waals surface area contributed by atoms with Gasteiger partial charge in [0, 0.05) is 29.2 Å². The second-order valence-corrected chi connectivity index (χ2v) is 6.93. The first-order valence-electron chi connectivity index (χ1n) is 8.94. The molecular weight excluding hydrogens is 328 g/mol. The van der Waals surface area contributed by atoms with Gasteiger partial charge in [0.1, 0.15) is 0 Å². The number of aromatic carboxylic acids is 1. The molecule has 134 valence electrons. The summed E-state index contributed by atoms with van der Waals surface area (Å²) in [6, 6.07) is 15.5. The fourth-order valence-corrected chi connectivity index (χ4v) is 3.82. The number of carbonyl (C=O) groups is 1. The molecule has 4 rings (SSSR count). The maximum Gasteiger partial charge on any atom is 0.335 e. The summed E-state index contributed by atoms with van der Waals surface area (Å²) in [6.45, 7) is 2.04. The third kappa shape index (κ3) is 3.23. The molecule has 0 radical (unpaired) electrons. The number of hydrogen-bond donors (Lipinski definition) is 3. The van der Waals surface area contributed by atoms with E-state index in [9.17, 15) is 15.0 Å². The van der Waals surface area contributed by atoms with Crippen molar-refractivity contribution >= 4 is 16.9 Å². The average Bonchev–Trinajstić information content (AvgIpc) is 3.27. The standard InChI is InChI=1S/C21H22N2O3/c24-13-19-5-2-8-23(19)12-18-11-17-10-15(6-7-20(17)22-18)14-3-1-4-16(9-14)21(25)26/h1,3-4,6-7,9-11,19,22,24H,2,5,8,12-13H2,(H,25,26). The highest BCUT2D eigenvalue weighted by atomic mass is 16.4. The Labute approximate surface area is 151 Å². The highest BCUT2D eigenvalue weighted by molar-refractivity contribution is 5.91. The van der Waals surface area contributed by atoms with Crippen molar-refractivity contribution in [3.8, 4) is 11.1 Å². The summed E-state index contributed by atoms with van der Waals surface area (Å²) in [6.07, 6.45) is 2.19. The first kappa shape index (κ1) is 16.8. The van der Waals surface area contributed by atoms with E-state index in [0.29, 0.717) is 5.56 Å². The number of nitrogens with one attached hydrogen (secondary N) is 1. The van der Waals surface area contributed by atoms with Crippen LogP contribution in [-0.2, 0) is 6.54 Å². The number of aromatic nitrogens is 1. The van der Waals surface area contributed by atoms with Crippen molar-refractivity contribution in [3.05, 3.63) is 59.8 Å². The Morgan fingerprint density at radius 3 is 2.81 bits per heavy atom. The van der Waals surface area contributed by atoms with Crippen molar-refractivity contribution < 1.29 is 15.0 Å². The van der Waals surface area contributed by atoms with Crippen molar-refractivity contribution in [2.45, 2.75) is 25.4 Å². The van der Waals surface area contributed by atoms with Crippen LogP contribution < -0.4 is 0 Å². The summed E-state index contributed by atoms with van der Waals surface area (Å²) >= 11 is 0. The van der Waals surface area contributed by atoms with Crippen molar-refractivity contribution in [1.29, 1.82) is 0 Å². The van der Waals surface area contributed by atoms with E-state index in [2.05, 4.69) is 22.0 Å². The molecule has 1 aromatic heterocycles. The van der Waals surface area contributed by atoms with Crippen LogP contribution in [0.25, 0.3) is 22.0 Å². The SMILES string of the molecule is O=C(O)c1cccc(-c2ccc3[nH]c(CN4CCCC4CO)cc3c2)c1. The van der Waals surface area contributed by atoms with Crippen molar-refractivity contribution in [2.75, 3.05) is 13.2 Å². The zero-order valence-corrected chi connectivity index (χ0v) is 14.5. The number of aromatic amines is 1. The van der Waals surface area contributed by atoms with Gasteiger partial charge in [-0.05, 0) is 60.8 Å². The molecule has 0 amide bonds. The highest BCUT2D eigenvalue weighted by Crippen LogP contribution is 2.27. The zero-order valence-electron chi connectivity index (χ0n) is 14.5. The van der Waals surface area contributed by atoms with Crippen LogP contribution in [0.5, 0.6) is 0 Å². The smallest absolute Gasteiger partial charge is 0.335 e. The van der Waals surface area contributed by atoms with Gasteiger partial charge < -0.3 is 15.2 Å². The number of fused-ring (bicyclic) bond motifs is 1. The summed E-state index contributed by atoms with van der Waals surface area (Å²) in [4.78, 5) is 17.0. The number of aliphatic hydroxyl groups excluding tert-OH is 1. The molecule has 3 aromatic rings. The highest BCUT2D eigenvalue weighted by Gasteiger charge is 2.24. The van der Waals surface area contributed by atoms with Crippen LogP contribution in [0.15, 0.2) is 48.5 Å². The number of rotatable bonds is 5. The maximum atomic E-state index is 11.2. The molecule has 1 aliphatic heterocycles. The third-order valence-corrected chi connectivity index (χ3v) is 5.20. The average molecular weight is 350 g/mol. The fourth-order valence-electron chi connectivity index (χ4n) is 3.82. The van der Waals surface area contributed by atoms with Gasteiger partial charge in [0.15, 0.2) is 0 Å². The Balaban J connectivity index is 1.62. The molecular formula is C21H22N2O3. The second-order valence-electron chi connectivity index (χ2n) is 6.93. The number of likely N-dealkylation sites (tertiary alicyclic amines) is 1. The Kier molecular flexibility index (Phi) is 4.49. The van der Waals surface area contributed by atoms with Gasteiger partial charge in [0.2, 0.25) is 0 Å². The number of nitrogens with zero attached hydrogens (tertiary/aromatic N) is 1. The summed E-state index contributed by atoms with van der Waals surface area (Å²) in [7, 11) is 0. The second kappa shape index (κ2) is 6.94. The lowest BCUT2D eigenvalue weighted by atomic mass is 10.0.